The molecule has 0 saturated carbocycles. The van der Waals surface area contributed by atoms with E-state index in [-0.39, 0.29) is 5.56 Å². The van der Waals surface area contributed by atoms with Crippen molar-refractivity contribution in [2.45, 2.75) is 6.54 Å². The minimum atomic E-state index is -0.0855. The van der Waals surface area contributed by atoms with Gasteiger partial charge in [-0.25, -0.2) is 14.6 Å². The molecule has 4 rings (SSSR count). The third-order valence-electron chi connectivity index (χ3n) is 3.72. The minimum absolute atomic E-state index is 0.0855. The Bertz CT molecular complexity index is 1040. The van der Waals surface area contributed by atoms with Crippen molar-refractivity contribution in [1.29, 1.82) is 0 Å². The van der Waals surface area contributed by atoms with Crippen LogP contribution in [0.5, 0.6) is 0 Å². The molecule has 0 radical (unpaired) electrons. The number of fused-ring (bicyclic) bond motifs is 2. The highest BCUT2D eigenvalue weighted by molar-refractivity contribution is 5.85. The van der Waals surface area contributed by atoms with E-state index in [9.17, 15) is 4.79 Å². The molecule has 1 aromatic carbocycles. The van der Waals surface area contributed by atoms with E-state index in [0.29, 0.717) is 24.3 Å². The van der Waals surface area contributed by atoms with Gasteiger partial charge in [-0.3, -0.25) is 4.79 Å². The van der Waals surface area contributed by atoms with E-state index in [1.54, 1.807) is 6.20 Å². The first-order valence-electron chi connectivity index (χ1n) is 7.30. The van der Waals surface area contributed by atoms with Gasteiger partial charge in [-0.15, -0.1) is 0 Å². The summed E-state index contributed by atoms with van der Waals surface area (Å²) in [5.74, 6) is 0.717. The summed E-state index contributed by atoms with van der Waals surface area (Å²) in [4.78, 5) is 23.9. The van der Waals surface area contributed by atoms with Crippen molar-refractivity contribution in [3.8, 4) is 0 Å². The number of hydrogen-bond donors (Lipinski definition) is 2. The summed E-state index contributed by atoms with van der Waals surface area (Å²) in [7, 11) is 0. The van der Waals surface area contributed by atoms with E-state index < -0.39 is 0 Å². The van der Waals surface area contributed by atoms with Crippen LogP contribution in [-0.4, -0.2) is 31.3 Å². The van der Waals surface area contributed by atoms with Gasteiger partial charge < -0.3 is 10.3 Å². The lowest BCUT2D eigenvalue weighted by Crippen LogP contribution is -2.26. The van der Waals surface area contributed by atoms with E-state index in [1.807, 2.05) is 36.5 Å². The van der Waals surface area contributed by atoms with Crippen molar-refractivity contribution in [3.63, 3.8) is 0 Å². The monoisotopic (exact) mass is 306 g/mol. The van der Waals surface area contributed by atoms with Crippen LogP contribution in [0.4, 0.5) is 5.82 Å². The maximum absolute atomic E-state index is 12.4. The first kappa shape index (κ1) is 13.4. The molecule has 7 heteroatoms. The molecule has 0 spiro atoms. The molecule has 3 aromatic heterocycles. The molecular weight excluding hydrogens is 292 g/mol. The van der Waals surface area contributed by atoms with Gasteiger partial charge in [0, 0.05) is 18.1 Å². The number of benzene rings is 1. The van der Waals surface area contributed by atoms with Gasteiger partial charge in [-0.05, 0) is 12.1 Å². The SMILES string of the molecule is O=c1c2ccccc2cnn1CCNc1ncnc2cc[nH]c12. The minimum Gasteiger partial charge on any atom is -0.366 e. The highest BCUT2D eigenvalue weighted by atomic mass is 16.1. The van der Waals surface area contributed by atoms with Crippen LogP contribution in [-0.2, 0) is 6.54 Å². The van der Waals surface area contributed by atoms with Crippen molar-refractivity contribution >= 4 is 27.6 Å². The molecule has 23 heavy (non-hydrogen) atoms. The maximum atomic E-state index is 12.4. The lowest BCUT2D eigenvalue weighted by atomic mass is 10.2. The molecule has 4 aromatic rings. The van der Waals surface area contributed by atoms with Crippen molar-refractivity contribution in [3.05, 3.63) is 59.4 Å². The summed E-state index contributed by atoms with van der Waals surface area (Å²) in [6.07, 6.45) is 5.05. The Hall–Kier alpha value is -3.22. The Morgan fingerprint density at radius 2 is 2.09 bits per heavy atom. The Kier molecular flexibility index (Phi) is 3.23. The van der Waals surface area contributed by atoms with Gasteiger partial charge in [-0.1, -0.05) is 18.2 Å². The van der Waals surface area contributed by atoms with E-state index in [0.717, 1.165) is 16.4 Å². The van der Waals surface area contributed by atoms with Crippen LogP contribution in [0.1, 0.15) is 0 Å². The zero-order valence-electron chi connectivity index (χ0n) is 12.2. The number of aromatic nitrogens is 5. The molecule has 114 valence electrons. The fraction of sp³-hybridized carbons (Fsp3) is 0.125. The largest absolute Gasteiger partial charge is 0.366 e. The average Bonchev–Trinajstić information content (AvgIpc) is 3.07. The molecular formula is C16H14N6O. The number of rotatable bonds is 4. The number of aromatic amines is 1. The zero-order valence-corrected chi connectivity index (χ0v) is 12.2. The number of nitrogens with zero attached hydrogens (tertiary/aromatic N) is 4. The highest BCUT2D eigenvalue weighted by Crippen LogP contribution is 2.16. The second-order valence-corrected chi connectivity index (χ2v) is 5.15. The molecule has 2 N–H and O–H groups in total. The van der Waals surface area contributed by atoms with Crippen LogP contribution in [0, 0.1) is 0 Å². The zero-order chi connectivity index (χ0) is 15.6. The third-order valence-corrected chi connectivity index (χ3v) is 3.72. The van der Waals surface area contributed by atoms with Gasteiger partial charge in [0.15, 0.2) is 5.82 Å². The van der Waals surface area contributed by atoms with Crippen LogP contribution in [0.25, 0.3) is 21.8 Å². The van der Waals surface area contributed by atoms with Gasteiger partial charge in [0.1, 0.15) is 11.8 Å². The molecule has 0 aliphatic rings. The molecule has 0 bridgehead atoms. The van der Waals surface area contributed by atoms with Crippen molar-refractivity contribution in [2.75, 3.05) is 11.9 Å². The van der Waals surface area contributed by atoms with Crippen LogP contribution in [0.2, 0.25) is 0 Å². The van der Waals surface area contributed by atoms with Gasteiger partial charge >= 0.3 is 0 Å². The van der Waals surface area contributed by atoms with Gasteiger partial charge in [0.25, 0.3) is 5.56 Å². The Morgan fingerprint density at radius 1 is 1.17 bits per heavy atom. The predicted octanol–water partition coefficient (Wildman–Crippen LogP) is 1.78. The molecule has 0 atom stereocenters. The van der Waals surface area contributed by atoms with Crippen molar-refractivity contribution < 1.29 is 0 Å². The van der Waals surface area contributed by atoms with Gasteiger partial charge in [0.2, 0.25) is 0 Å². The van der Waals surface area contributed by atoms with E-state index in [2.05, 4.69) is 25.4 Å². The van der Waals surface area contributed by atoms with Crippen molar-refractivity contribution in [1.82, 2.24) is 24.7 Å². The normalized spacial score (nSPS) is 11.1. The standard InChI is InChI=1S/C16H14N6O/c23-16-12-4-2-1-3-11(12)9-21-22(16)8-7-18-15-14-13(5-6-17-14)19-10-20-15/h1-6,9-10,17H,7-8H2,(H,18,19,20). The van der Waals surface area contributed by atoms with E-state index in [1.165, 1.54) is 11.0 Å². The summed E-state index contributed by atoms with van der Waals surface area (Å²) in [6.45, 7) is 0.992. The third kappa shape index (κ3) is 2.42. The van der Waals surface area contributed by atoms with Crippen LogP contribution < -0.4 is 10.9 Å². The van der Waals surface area contributed by atoms with Gasteiger partial charge in [-0.2, -0.15) is 5.10 Å². The average molecular weight is 306 g/mol. The second kappa shape index (κ2) is 5.53. The van der Waals surface area contributed by atoms with Crippen molar-refractivity contribution in [2.24, 2.45) is 0 Å². The van der Waals surface area contributed by atoms with Gasteiger partial charge in [0.05, 0.1) is 23.6 Å². The van der Waals surface area contributed by atoms with Crippen LogP contribution in [0.15, 0.2) is 53.8 Å². The Morgan fingerprint density at radius 3 is 3.04 bits per heavy atom. The summed E-state index contributed by atoms with van der Waals surface area (Å²) >= 11 is 0. The first-order valence-corrected chi connectivity index (χ1v) is 7.30. The summed E-state index contributed by atoms with van der Waals surface area (Å²) in [5.41, 5.74) is 1.62. The molecule has 0 saturated heterocycles. The number of H-pyrrole nitrogens is 1. The Balaban J connectivity index is 1.54. The number of nitrogens with one attached hydrogen (secondary N) is 2. The maximum Gasteiger partial charge on any atom is 0.274 e. The second-order valence-electron chi connectivity index (χ2n) is 5.15. The number of anilines is 1. The predicted molar refractivity (Wildman–Crippen MR) is 88.4 cm³/mol. The van der Waals surface area contributed by atoms with Crippen LogP contribution in [0.3, 0.4) is 0 Å². The lowest BCUT2D eigenvalue weighted by molar-refractivity contribution is 0.604. The topological polar surface area (TPSA) is 88.5 Å². The van der Waals surface area contributed by atoms with Crippen LogP contribution >= 0.6 is 0 Å². The smallest absolute Gasteiger partial charge is 0.274 e. The first-order chi connectivity index (χ1) is 11.3. The molecule has 7 nitrogen and oxygen atoms in total. The summed E-state index contributed by atoms with van der Waals surface area (Å²) in [6, 6.07) is 9.34. The Labute approximate surface area is 131 Å². The van der Waals surface area contributed by atoms with E-state index >= 15 is 0 Å². The molecule has 0 aliphatic heterocycles. The molecule has 0 aliphatic carbocycles. The summed E-state index contributed by atoms with van der Waals surface area (Å²) < 4.78 is 1.46. The van der Waals surface area contributed by atoms with E-state index in [4.69, 9.17) is 0 Å². The molecule has 3 heterocycles. The fourth-order valence-corrected chi connectivity index (χ4v) is 2.57. The quantitative estimate of drug-likeness (QED) is 0.600. The molecule has 0 fully saturated rings. The fourth-order valence-electron chi connectivity index (χ4n) is 2.57. The summed E-state index contributed by atoms with van der Waals surface area (Å²) in [5, 5.41) is 8.96. The lowest BCUT2D eigenvalue weighted by Gasteiger charge is -2.08. The highest BCUT2D eigenvalue weighted by Gasteiger charge is 2.06. The molecule has 0 amide bonds. The number of hydrogen-bond acceptors (Lipinski definition) is 5. The molecule has 0 unspecified atom stereocenters.